The Balaban J connectivity index is 0.00000144. The zero-order valence-electron chi connectivity index (χ0n) is 9.27. The van der Waals surface area contributed by atoms with E-state index in [1.54, 1.807) is 6.07 Å². The molecule has 0 spiro atoms. The van der Waals surface area contributed by atoms with Gasteiger partial charge in [-0.2, -0.15) is 0 Å². The van der Waals surface area contributed by atoms with Gasteiger partial charge in [0.05, 0.1) is 12.1 Å². The fourth-order valence-electron chi connectivity index (χ4n) is 2.03. The molecule has 5 heteroatoms. The molecule has 2 rings (SSSR count). The Morgan fingerprint density at radius 1 is 1.41 bits per heavy atom. The smallest absolute Gasteiger partial charge is 0.0761 e. The highest BCUT2D eigenvalue weighted by atomic mass is 79.9. The molecule has 2 nitrogen and oxygen atoms in total. The molecule has 0 unspecified atom stereocenters. The number of halogens is 3. The summed E-state index contributed by atoms with van der Waals surface area (Å²) in [6.07, 6.45) is 2.92. The van der Waals surface area contributed by atoms with Gasteiger partial charge in [-0.15, -0.1) is 12.4 Å². The van der Waals surface area contributed by atoms with Crippen molar-refractivity contribution in [2.24, 2.45) is 11.7 Å². The summed E-state index contributed by atoms with van der Waals surface area (Å²) in [5.41, 5.74) is 7.00. The van der Waals surface area contributed by atoms with Crippen molar-refractivity contribution in [1.82, 2.24) is 0 Å². The van der Waals surface area contributed by atoms with Crippen LogP contribution in [0.5, 0.6) is 0 Å². The molecule has 2 atom stereocenters. The molecule has 1 saturated carbocycles. The van der Waals surface area contributed by atoms with E-state index in [1.165, 1.54) is 6.42 Å². The maximum Gasteiger partial charge on any atom is 0.0761 e. The van der Waals surface area contributed by atoms with Gasteiger partial charge < -0.3 is 10.8 Å². The molecule has 0 bridgehead atoms. The van der Waals surface area contributed by atoms with Gasteiger partial charge in [0.2, 0.25) is 0 Å². The molecule has 96 valence electrons. The molecule has 0 radical (unpaired) electrons. The van der Waals surface area contributed by atoms with Crippen molar-refractivity contribution in [1.29, 1.82) is 0 Å². The molecule has 17 heavy (non-hydrogen) atoms. The van der Waals surface area contributed by atoms with E-state index in [-0.39, 0.29) is 18.4 Å². The summed E-state index contributed by atoms with van der Waals surface area (Å²) in [7, 11) is 0. The van der Waals surface area contributed by atoms with E-state index in [0.29, 0.717) is 10.9 Å². The van der Waals surface area contributed by atoms with Gasteiger partial charge in [-0.25, -0.2) is 0 Å². The largest absolute Gasteiger partial charge is 0.391 e. The zero-order valence-corrected chi connectivity index (χ0v) is 12.4. The molecule has 0 aliphatic heterocycles. The van der Waals surface area contributed by atoms with Gasteiger partial charge in [0.25, 0.3) is 0 Å². The van der Waals surface area contributed by atoms with Crippen LogP contribution >= 0.6 is 39.9 Å². The summed E-state index contributed by atoms with van der Waals surface area (Å²) >= 11 is 9.30. The van der Waals surface area contributed by atoms with Crippen LogP contribution in [-0.2, 0) is 0 Å². The minimum absolute atomic E-state index is 0. The van der Waals surface area contributed by atoms with E-state index in [0.717, 1.165) is 22.9 Å². The number of hydrogen-bond donors (Lipinski definition) is 2. The fraction of sp³-hybridized carbons (Fsp3) is 0.500. The zero-order chi connectivity index (χ0) is 11.7. The summed E-state index contributed by atoms with van der Waals surface area (Å²) in [4.78, 5) is 0. The lowest BCUT2D eigenvalue weighted by Gasteiger charge is -2.34. The average molecular weight is 341 g/mol. The van der Waals surface area contributed by atoms with Gasteiger partial charge in [-0.3, -0.25) is 0 Å². The van der Waals surface area contributed by atoms with Gasteiger partial charge >= 0.3 is 0 Å². The van der Waals surface area contributed by atoms with Crippen molar-refractivity contribution >= 4 is 39.9 Å². The summed E-state index contributed by atoms with van der Waals surface area (Å²) in [6.45, 7) is 0. The lowest BCUT2D eigenvalue weighted by molar-refractivity contribution is 0.0412. The average Bonchev–Trinajstić information content (AvgIpc) is 2.14. The second kappa shape index (κ2) is 6.39. The van der Waals surface area contributed by atoms with Gasteiger partial charge in [0, 0.05) is 9.50 Å². The number of aliphatic hydroxyl groups excluding tert-OH is 1. The second-order valence-electron chi connectivity index (χ2n) is 4.37. The van der Waals surface area contributed by atoms with Crippen LogP contribution in [0.4, 0.5) is 0 Å². The van der Waals surface area contributed by atoms with Crippen molar-refractivity contribution in [2.45, 2.75) is 31.4 Å². The number of benzene rings is 1. The molecular formula is C12H16BrCl2NO. The Morgan fingerprint density at radius 2 is 2.06 bits per heavy atom. The molecule has 0 aromatic heterocycles. The first kappa shape index (κ1) is 15.3. The molecule has 0 heterocycles. The third kappa shape index (κ3) is 3.36. The van der Waals surface area contributed by atoms with Crippen molar-refractivity contribution in [3.05, 3.63) is 33.3 Å². The van der Waals surface area contributed by atoms with Crippen molar-refractivity contribution < 1.29 is 5.11 Å². The van der Waals surface area contributed by atoms with Crippen LogP contribution in [0.25, 0.3) is 0 Å². The molecular weight excluding hydrogens is 325 g/mol. The Kier molecular flexibility index (Phi) is 5.74. The molecule has 1 aliphatic carbocycles. The molecule has 1 aromatic carbocycles. The van der Waals surface area contributed by atoms with Crippen molar-refractivity contribution in [3.63, 3.8) is 0 Å². The summed E-state index contributed by atoms with van der Waals surface area (Å²) in [6, 6.07) is 5.15. The SMILES string of the molecule is Cl.N[C@@H](c1ccc(Cl)cc1Br)[C@H](O)C1CCC1. The van der Waals surface area contributed by atoms with Gasteiger partial charge in [-0.1, -0.05) is 40.0 Å². The van der Waals surface area contributed by atoms with Crippen LogP contribution < -0.4 is 5.73 Å². The first-order chi connectivity index (χ1) is 7.59. The Morgan fingerprint density at radius 3 is 2.53 bits per heavy atom. The minimum atomic E-state index is -0.453. The normalized spacial score (nSPS) is 19.1. The maximum atomic E-state index is 10.1. The van der Waals surface area contributed by atoms with Gasteiger partial charge in [0.15, 0.2) is 0 Å². The highest BCUT2D eigenvalue weighted by Crippen LogP contribution is 2.36. The van der Waals surface area contributed by atoms with Gasteiger partial charge in [-0.05, 0) is 36.5 Å². The monoisotopic (exact) mass is 339 g/mol. The minimum Gasteiger partial charge on any atom is -0.391 e. The second-order valence-corrected chi connectivity index (χ2v) is 5.66. The quantitative estimate of drug-likeness (QED) is 0.881. The van der Waals surface area contributed by atoms with E-state index < -0.39 is 6.10 Å². The third-order valence-corrected chi connectivity index (χ3v) is 4.24. The highest BCUT2D eigenvalue weighted by Gasteiger charge is 2.31. The van der Waals surface area contributed by atoms with Crippen LogP contribution in [0.2, 0.25) is 5.02 Å². The molecule has 1 fully saturated rings. The third-order valence-electron chi connectivity index (χ3n) is 3.32. The van der Waals surface area contributed by atoms with E-state index in [9.17, 15) is 5.11 Å². The summed E-state index contributed by atoms with van der Waals surface area (Å²) < 4.78 is 0.867. The Bertz CT molecular complexity index is 385. The highest BCUT2D eigenvalue weighted by molar-refractivity contribution is 9.10. The lowest BCUT2D eigenvalue weighted by Crippen LogP contribution is -2.36. The molecule has 0 saturated heterocycles. The molecule has 3 N–H and O–H groups in total. The van der Waals surface area contributed by atoms with Crippen LogP contribution in [-0.4, -0.2) is 11.2 Å². The standard InChI is InChI=1S/C12H15BrClNO.ClH/c13-10-6-8(14)4-5-9(10)11(15)12(16)7-2-1-3-7;/h4-7,11-12,16H,1-3,15H2;1H/t11-,12+;/m0./s1. The Hall–Kier alpha value is 0.200. The van der Waals surface area contributed by atoms with Crippen LogP contribution in [0.3, 0.4) is 0 Å². The summed E-state index contributed by atoms with van der Waals surface area (Å²) in [5, 5.41) is 10.8. The van der Waals surface area contributed by atoms with Crippen LogP contribution in [0, 0.1) is 5.92 Å². The lowest BCUT2D eigenvalue weighted by atomic mass is 9.77. The van der Waals surface area contributed by atoms with E-state index in [1.807, 2.05) is 12.1 Å². The Labute approximate surface area is 121 Å². The van der Waals surface area contributed by atoms with Crippen molar-refractivity contribution in [3.8, 4) is 0 Å². The predicted octanol–water partition coefficient (Wildman–Crippen LogP) is 3.69. The fourth-order valence-corrected chi connectivity index (χ4v) is 2.98. The van der Waals surface area contributed by atoms with Crippen molar-refractivity contribution in [2.75, 3.05) is 0 Å². The number of aliphatic hydroxyl groups is 1. The molecule has 1 aromatic rings. The maximum absolute atomic E-state index is 10.1. The number of nitrogens with two attached hydrogens (primary N) is 1. The van der Waals surface area contributed by atoms with Gasteiger partial charge in [0.1, 0.15) is 0 Å². The first-order valence-electron chi connectivity index (χ1n) is 5.48. The predicted molar refractivity (Wildman–Crippen MR) is 76.7 cm³/mol. The molecule has 0 amide bonds. The van der Waals surface area contributed by atoms with Crippen LogP contribution in [0.15, 0.2) is 22.7 Å². The summed E-state index contributed by atoms with van der Waals surface area (Å²) in [5.74, 6) is 0.359. The van der Waals surface area contributed by atoms with E-state index in [4.69, 9.17) is 17.3 Å². The van der Waals surface area contributed by atoms with E-state index >= 15 is 0 Å². The van der Waals surface area contributed by atoms with E-state index in [2.05, 4.69) is 15.9 Å². The molecule has 1 aliphatic rings. The number of hydrogen-bond acceptors (Lipinski definition) is 2. The topological polar surface area (TPSA) is 46.2 Å². The number of rotatable bonds is 3. The van der Waals surface area contributed by atoms with Crippen LogP contribution in [0.1, 0.15) is 30.9 Å². The first-order valence-corrected chi connectivity index (χ1v) is 6.65.